The molecule has 206 valence electrons. The molecule has 0 radical (unpaired) electrons. The van der Waals surface area contributed by atoms with E-state index in [0.717, 1.165) is 12.0 Å². The minimum atomic E-state index is -0.233. The maximum Gasteiger partial charge on any atom is 0.0165 e. The summed E-state index contributed by atoms with van der Waals surface area (Å²) in [5, 5.41) is 12.0. The fourth-order valence-corrected chi connectivity index (χ4v) is 8.50. The van der Waals surface area contributed by atoms with Gasteiger partial charge in [-0.1, -0.05) is 137 Å². The summed E-state index contributed by atoms with van der Waals surface area (Å²) < 4.78 is 0. The average Bonchev–Trinajstić information content (AvgIpc) is 3.26. The van der Waals surface area contributed by atoms with Crippen LogP contribution in [-0.4, -0.2) is 0 Å². The number of allylic oxidation sites excluding steroid dienone is 1. The van der Waals surface area contributed by atoms with Gasteiger partial charge in [-0.15, -0.1) is 0 Å². The van der Waals surface area contributed by atoms with Gasteiger partial charge in [-0.25, -0.2) is 0 Å². The van der Waals surface area contributed by atoms with Crippen molar-refractivity contribution in [3.8, 4) is 11.1 Å². The number of rotatable bonds is 0. The van der Waals surface area contributed by atoms with E-state index in [9.17, 15) is 0 Å². The molecule has 0 spiro atoms. The van der Waals surface area contributed by atoms with Gasteiger partial charge >= 0.3 is 0 Å². The topological polar surface area (TPSA) is 0 Å². The van der Waals surface area contributed by atoms with Gasteiger partial charge in [0.15, 0.2) is 0 Å². The SMILES string of the molecule is C=C1C=c2ccc3cccc4ccc(c2c43)Cc2cc3c(cc2C1(C)C)-c1c(c2ccccc2c2ccccc12)C3(C)C. The van der Waals surface area contributed by atoms with Crippen LogP contribution in [0.3, 0.4) is 0 Å². The molecule has 9 rings (SSSR count). The molecule has 0 amide bonds. The van der Waals surface area contributed by atoms with Crippen molar-refractivity contribution in [2.24, 2.45) is 0 Å². The summed E-state index contributed by atoms with van der Waals surface area (Å²) in [4.78, 5) is 0. The van der Waals surface area contributed by atoms with Crippen LogP contribution < -0.4 is 5.22 Å². The van der Waals surface area contributed by atoms with Gasteiger partial charge in [0.2, 0.25) is 0 Å². The molecule has 0 saturated carbocycles. The van der Waals surface area contributed by atoms with Gasteiger partial charge in [0.05, 0.1) is 0 Å². The summed E-state index contributed by atoms with van der Waals surface area (Å²) in [5.74, 6) is 0. The quantitative estimate of drug-likeness (QED) is 0.165. The molecule has 43 heavy (non-hydrogen) atoms. The maximum absolute atomic E-state index is 4.73. The first kappa shape index (κ1) is 24.9. The monoisotopic (exact) mass is 550 g/mol. The lowest BCUT2D eigenvalue weighted by atomic mass is 9.73. The molecule has 7 aromatic rings. The highest BCUT2D eigenvalue weighted by Crippen LogP contribution is 2.56. The Morgan fingerprint density at radius 1 is 0.558 bits per heavy atom. The molecule has 0 bridgehead atoms. The summed E-state index contributed by atoms with van der Waals surface area (Å²) in [6.07, 6.45) is 3.26. The van der Waals surface area contributed by atoms with Gasteiger partial charge in [0.1, 0.15) is 0 Å². The van der Waals surface area contributed by atoms with E-state index in [1.807, 2.05) is 0 Å². The van der Waals surface area contributed by atoms with Crippen LogP contribution in [0.4, 0.5) is 0 Å². The van der Waals surface area contributed by atoms with E-state index in [2.05, 4.69) is 137 Å². The van der Waals surface area contributed by atoms with Crippen molar-refractivity contribution in [2.45, 2.75) is 44.9 Å². The van der Waals surface area contributed by atoms with Crippen LogP contribution in [0.15, 0.2) is 115 Å². The fraction of sp³-hybridized carbons (Fsp3) is 0.163. The molecule has 7 aromatic carbocycles. The Kier molecular flexibility index (Phi) is 4.76. The van der Waals surface area contributed by atoms with Crippen LogP contribution >= 0.6 is 0 Å². The standard InChI is InChI=1S/C43H34/c1-25-21-28-19-17-26-11-10-12-27-18-20-29(39(28)38(26)27)22-30-23-37-35(24-36(30)42(25,2)3)40-33-15-8-6-13-31(33)32-14-7-9-16-34(32)41(40)43(37,4)5/h6-21,23-24H,1,22H2,2-5H3. The van der Waals surface area contributed by atoms with Crippen LogP contribution in [-0.2, 0) is 17.3 Å². The molecule has 2 aliphatic rings. The molecule has 2 aliphatic carbocycles. The van der Waals surface area contributed by atoms with E-state index in [0.29, 0.717) is 0 Å². The van der Waals surface area contributed by atoms with E-state index in [-0.39, 0.29) is 10.8 Å². The predicted molar refractivity (Wildman–Crippen MR) is 185 cm³/mol. The molecule has 0 N–H and O–H groups in total. The zero-order valence-corrected chi connectivity index (χ0v) is 25.3. The minimum absolute atomic E-state index is 0.125. The van der Waals surface area contributed by atoms with E-state index < -0.39 is 0 Å². The van der Waals surface area contributed by atoms with Gasteiger partial charge < -0.3 is 0 Å². The van der Waals surface area contributed by atoms with Gasteiger partial charge in [-0.2, -0.15) is 0 Å². The third kappa shape index (κ3) is 3.16. The molecule has 0 fully saturated rings. The fourth-order valence-electron chi connectivity index (χ4n) is 8.50. The molecule has 0 heterocycles. The lowest BCUT2D eigenvalue weighted by Crippen LogP contribution is -2.23. The Labute approximate surface area is 253 Å². The normalized spacial score (nSPS) is 16.4. The first-order valence-electron chi connectivity index (χ1n) is 15.5. The van der Waals surface area contributed by atoms with E-state index >= 15 is 0 Å². The Morgan fingerprint density at radius 2 is 1.21 bits per heavy atom. The molecule has 0 heteroatoms. The maximum atomic E-state index is 4.73. The molecular formula is C43H34. The van der Waals surface area contributed by atoms with Crippen LogP contribution in [0, 0.1) is 0 Å². The number of hydrogen-bond acceptors (Lipinski definition) is 0. The van der Waals surface area contributed by atoms with Crippen LogP contribution in [0.5, 0.6) is 0 Å². The van der Waals surface area contributed by atoms with E-state index in [1.54, 1.807) is 0 Å². The molecule has 0 atom stereocenters. The summed E-state index contributed by atoms with van der Waals surface area (Å²) >= 11 is 0. The van der Waals surface area contributed by atoms with Crippen molar-refractivity contribution in [1.82, 2.24) is 0 Å². The highest BCUT2D eigenvalue weighted by molar-refractivity contribution is 6.18. The van der Waals surface area contributed by atoms with Crippen LogP contribution in [0.2, 0.25) is 0 Å². The first-order chi connectivity index (χ1) is 20.7. The number of hydrogen-bond donors (Lipinski definition) is 0. The van der Waals surface area contributed by atoms with Gasteiger partial charge in [-0.3, -0.25) is 0 Å². The summed E-state index contributed by atoms with van der Waals surface area (Å²) in [5.41, 5.74) is 10.7. The Morgan fingerprint density at radius 3 is 1.95 bits per heavy atom. The summed E-state index contributed by atoms with van der Waals surface area (Å²) in [7, 11) is 0. The van der Waals surface area contributed by atoms with Crippen LogP contribution in [0.25, 0.3) is 60.3 Å². The Balaban J connectivity index is 1.40. The second kappa shape index (κ2) is 8.23. The van der Waals surface area contributed by atoms with Gasteiger partial charge in [0, 0.05) is 10.8 Å². The third-order valence-electron chi connectivity index (χ3n) is 10.8. The lowest BCUT2D eigenvalue weighted by molar-refractivity contribution is 0.635. The Hall–Kier alpha value is -4.68. The predicted octanol–water partition coefficient (Wildman–Crippen LogP) is 10.5. The summed E-state index contributed by atoms with van der Waals surface area (Å²) in [6.45, 7) is 14.3. The Bertz CT molecular complexity index is 2410. The second-order valence-electron chi connectivity index (χ2n) is 13.8. The molecule has 0 unspecified atom stereocenters. The van der Waals surface area contributed by atoms with Crippen molar-refractivity contribution in [3.63, 3.8) is 0 Å². The highest BCUT2D eigenvalue weighted by Gasteiger charge is 2.40. The zero-order valence-electron chi connectivity index (χ0n) is 25.3. The lowest BCUT2D eigenvalue weighted by Gasteiger charge is -2.31. The zero-order chi connectivity index (χ0) is 29.2. The number of fused-ring (bicyclic) bond motifs is 9. The largest absolute Gasteiger partial charge is 0.0949 e. The van der Waals surface area contributed by atoms with Gasteiger partial charge in [-0.05, 0) is 105 Å². The minimum Gasteiger partial charge on any atom is -0.0949 e. The number of benzene rings is 7. The van der Waals surface area contributed by atoms with Crippen LogP contribution in [0.1, 0.15) is 55.5 Å². The van der Waals surface area contributed by atoms with Crippen molar-refractivity contribution in [2.75, 3.05) is 0 Å². The smallest absolute Gasteiger partial charge is 0.0165 e. The van der Waals surface area contributed by atoms with Crippen molar-refractivity contribution in [3.05, 3.63) is 148 Å². The molecule has 0 aromatic heterocycles. The second-order valence-corrected chi connectivity index (χ2v) is 13.8. The molecule has 0 aliphatic heterocycles. The molecule has 0 nitrogen and oxygen atoms in total. The summed E-state index contributed by atoms with van der Waals surface area (Å²) in [6, 6.07) is 39.0. The molecule has 0 saturated heterocycles. The highest BCUT2D eigenvalue weighted by atomic mass is 14.4. The third-order valence-corrected chi connectivity index (χ3v) is 10.8. The van der Waals surface area contributed by atoms with Crippen molar-refractivity contribution < 1.29 is 0 Å². The van der Waals surface area contributed by atoms with Gasteiger partial charge in [0.25, 0.3) is 0 Å². The van der Waals surface area contributed by atoms with Crippen molar-refractivity contribution in [1.29, 1.82) is 0 Å². The molecular weight excluding hydrogens is 516 g/mol. The van der Waals surface area contributed by atoms with E-state index in [4.69, 9.17) is 6.58 Å². The average molecular weight is 551 g/mol. The first-order valence-corrected chi connectivity index (χ1v) is 15.5. The van der Waals surface area contributed by atoms with E-state index in [1.165, 1.54) is 87.3 Å². The van der Waals surface area contributed by atoms with Crippen molar-refractivity contribution >= 4 is 49.2 Å².